The van der Waals surface area contributed by atoms with Gasteiger partial charge < -0.3 is 24.3 Å². The Bertz CT molecular complexity index is 854. The molecular weight excluding hydrogens is 374 g/mol. The van der Waals surface area contributed by atoms with Gasteiger partial charge in [0.2, 0.25) is 0 Å². The number of carbonyl (C=O) groups is 2. The van der Waals surface area contributed by atoms with Gasteiger partial charge in [0.25, 0.3) is 5.91 Å². The van der Waals surface area contributed by atoms with Gasteiger partial charge in [-0.3, -0.25) is 4.79 Å². The number of fused-ring (bicyclic) bond motifs is 1. The monoisotopic (exact) mass is 391 g/mol. The molecule has 27 heavy (non-hydrogen) atoms. The largest absolute Gasteiger partial charge is 0.495 e. The maximum absolute atomic E-state index is 12.3. The highest BCUT2D eigenvalue weighted by Gasteiger charge is 2.20. The molecule has 1 heterocycles. The van der Waals surface area contributed by atoms with Crippen LogP contribution in [0.4, 0.5) is 5.69 Å². The molecule has 0 unspecified atom stereocenters. The Balaban J connectivity index is 1.63. The van der Waals surface area contributed by atoms with Crippen molar-refractivity contribution in [2.75, 3.05) is 32.2 Å². The summed E-state index contributed by atoms with van der Waals surface area (Å²) in [5.41, 5.74) is 0.661. The molecule has 1 aliphatic rings. The van der Waals surface area contributed by atoms with Gasteiger partial charge in [0, 0.05) is 6.42 Å². The van der Waals surface area contributed by atoms with Crippen LogP contribution in [0, 0.1) is 0 Å². The van der Waals surface area contributed by atoms with E-state index in [9.17, 15) is 9.59 Å². The molecule has 1 N–H and O–H groups in total. The molecule has 0 aromatic heterocycles. The molecule has 7 nitrogen and oxygen atoms in total. The maximum atomic E-state index is 12.3. The van der Waals surface area contributed by atoms with Crippen molar-refractivity contribution in [3.8, 4) is 17.2 Å². The van der Waals surface area contributed by atoms with Gasteiger partial charge in [-0.1, -0.05) is 23.7 Å². The topological polar surface area (TPSA) is 83.1 Å². The zero-order chi connectivity index (χ0) is 19.2. The van der Waals surface area contributed by atoms with E-state index < -0.39 is 18.5 Å². The molecule has 0 aliphatic carbocycles. The predicted molar refractivity (Wildman–Crippen MR) is 99.0 cm³/mol. The number of nitrogens with one attached hydrogen (secondary N) is 1. The predicted octanol–water partition coefficient (Wildman–Crippen LogP) is 3.31. The molecule has 0 spiro atoms. The normalized spacial score (nSPS) is 12.7. The number of carbonyl (C=O) groups excluding carboxylic acids is 2. The number of hydrogen-bond acceptors (Lipinski definition) is 6. The van der Waals surface area contributed by atoms with Gasteiger partial charge in [-0.05, 0) is 24.3 Å². The van der Waals surface area contributed by atoms with Crippen molar-refractivity contribution in [1.29, 1.82) is 0 Å². The number of rotatable bonds is 5. The number of para-hydroxylation sites is 2. The third kappa shape index (κ3) is 4.62. The summed E-state index contributed by atoms with van der Waals surface area (Å²) < 4.78 is 21.3. The van der Waals surface area contributed by atoms with Gasteiger partial charge >= 0.3 is 5.97 Å². The number of anilines is 1. The Kier molecular flexibility index (Phi) is 6.03. The second-order valence-electron chi connectivity index (χ2n) is 5.66. The van der Waals surface area contributed by atoms with E-state index in [2.05, 4.69) is 5.32 Å². The van der Waals surface area contributed by atoms with E-state index >= 15 is 0 Å². The number of benzene rings is 2. The van der Waals surface area contributed by atoms with Crippen molar-refractivity contribution in [1.82, 2.24) is 0 Å². The Labute approximate surface area is 161 Å². The molecular formula is C19H18ClNO6. The van der Waals surface area contributed by atoms with Crippen LogP contribution in [0.5, 0.6) is 17.2 Å². The molecule has 0 saturated heterocycles. The van der Waals surface area contributed by atoms with Crippen LogP contribution >= 0.6 is 11.6 Å². The Morgan fingerprint density at radius 2 is 1.96 bits per heavy atom. The molecule has 0 atom stereocenters. The van der Waals surface area contributed by atoms with Gasteiger partial charge in [-0.2, -0.15) is 0 Å². The lowest BCUT2D eigenvalue weighted by molar-refractivity contribution is -0.119. The quantitative estimate of drug-likeness (QED) is 0.787. The minimum atomic E-state index is -0.692. The Hall–Kier alpha value is -2.93. The number of methoxy groups -OCH3 is 1. The molecule has 0 saturated carbocycles. The maximum Gasteiger partial charge on any atom is 0.338 e. The van der Waals surface area contributed by atoms with E-state index in [0.29, 0.717) is 42.6 Å². The minimum Gasteiger partial charge on any atom is -0.495 e. The van der Waals surface area contributed by atoms with Crippen LogP contribution in [-0.4, -0.2) is 38.8 Å². The van der Waals surface area contributed by atoms with Crippen LogP contribution in [0.3, 0.4) is 0 Å². The van der Waals surface area contributed by atoms with Crippen LogP contribution in [0.15, 0.2) is 36.4 Å². The van der Waals surface area contributed by atoms with Gasteiger partial charge in [0.15, 0.2) is 18.1 Å². The summed E-state index contributed by atoms with van der Waals surface area (Å²) >= 11 is 6.16. The van der Waals surface area contributed by atoms with E-state index in [1.165, 1.54) is 19.2 Å². The summed E-state index contributed by atoms with van der Waals surface area (Å²) in [6.07, 6.45) is 0.716. The average Bonchev–Trinajstić information content (AvgIpc) is 2.92. The highest BCUT2D eigenvalue weighted by Crippen LogP contribution is 2.38. The van der Waals surface area contributed by atoms with Crippen molar-refractivity contribution >= 4 is 29.2 Å². The summed E-state index contributed by atoms with van der Waals surface area (Å²) in [5, 5.41) is 2.88. The van der Waals surface area contributed by atoms with E-state index in [4.69, 9.17) is 30.5 Å². The second kappa shape index (κ2) is 8.64. The standard InChI is InChI=1S/C19H18ClNO6/c1-24-15-6-3-2-5-14(15)21-17(22)11-27-19(23)12-9-13(20)18-16(10-12)25-7-4-8-26-18/h2-3,5-6,9-10H,4,7-8,11H2,1H3,(H,21,22). The molecule has 2 aromatic carbocycles. The number of hydrogen-bond donors (Lipinski definition) is 1. The van der Waals surface area contributed by atoms with Crippen molar-refractivity contribution in [2.45, 2.75) is 6.42 Å². The Morgan fingerprint density at radius 3 is 2.78 bits per heavy atom. The third-order valence-electron chi connectivity index (χ3n) is 3.75. The molecule has 2 aromatic rings. The minimum absolute atomic E-state index is 0.175. The highest BCUT2D eigenvalue weighted by atomic mass is 35.5. The van der Waals surface area contributed by atoms with Crippen LogP contribution in [0.25, 0.3) is 0 Å². The number of ether oxygens (including phenoxy) is 4. The van der Waals surface area contributed by atoms with Crippen LogP contribution in [0.2, 0.25) is 5.02 Å². The fourth-order valence-corrected chi connectivity index (χ4v) is 2.76. The lowest BCUT2D eigenvalue weighted by atomic mass is 10.2. The van der Waals surface area contributed by atoms with E-state index in [0.717, 1.165) is 0 Å². The molecule has 1 aliphatic heterocycles. The fourth-order valence-electron chi connectivity index (χ4n) is 2.50. The van der Waals surface area contributed by atoms with E-state index in [1.54, 1.807) is 24.3 Å². The van der Waals surface area contributed by atoms with E-state index in [-0.39, 0.29) is 10.6 Å². The molecule has 0 fully saturated rings. The van der Waals surface area contributed by atoms with Crippen molar-refractivity contribution in [3.63, 3.8) is 0 Å². The first kappa shape index (κ1) is 18.8. The SMILES string of the molecule is COc1ccccc1NC(=O)COC(=O)c1cc(Cl)c2c(c1)OCCCO2. The van der Waals surface area contributed by atoms with Crippen LogP contribution in [0.1, 0.15) is 16.8 Å². The number of esters is 1. The fraction of sp³-hybridized carbons (Fsp3) is 0.263. The van der Waals surface area contributed by atoms with Crippen molar-refractivity contribution in [2.24, 2.45) is 0 Å². The van der Waals surface area contributed by atoms with Crippen molar-refractivity contribution in [3.05, 3.63) is 47.0 Å². The summed E-state index contributed by atoms with van der Waals surface area (Å²) in [5.74, 6) is 0.105. The zero-order valence-electron chi connectivity index (χ0n) is 14.6. The first-order valence-corrected chi connectivity index (χ1v) is 8.65. The summed E-state index contributed by atoms with van der Waals surface area (Å²) in [6.45, 7) is 0.492. The lowest BCUT2D eigenvalue weighted by Crippen LogP contribution is -2.21. The van der Waals surface area contributed by atoms with Crippen LogP contribution < -0.4 is 19.5 Å². The highest BCUT2D eigenvalue weighted by molar-refractivity contribution is 6.32. The van der Waals surface area contributed by atoms with Gasteiger partial charge in [0.05, 0.1) is 36.6 Å². The molecule has 8 heteroatoms. The molecule has 0 radical (unpaired) electrons. The smallest absolute Gasteiger partial charge is 0.338 e. The molecule has 1 amide bonds. The van der Waals surface area contributed by atoms with Crippen LogP contribution in [-0.2, 0) is 9.53 Å². The van der Waals surface area contributed by atoms with Gasteiger partial charge in [0.1, 0.15) is 5.75 Å². The van der Waals surface area contributed by atoms with Gasteiger partial charge in [-0.25, -0.2) is 4.79 Å². The first-order valence-electron chi connectivity index (χ1n) is 8.27. The first-order chi connectivity index (χ1) is 13.1. The summed E-state index contributed by atoms with van der Waals surface area (Å²) in [7, 11) is 1.50. The molecule has 142 valence electrons. The summed E-state index contributed by atoms with van der Waals surface area (Å²) in [6, 6.07) is 9.85. The second-order valence-corrected chi connectivity index (χ2v) is 6.07. The lowest BCUT2D eigenvalue weighted by Gasteiger charge is -2.12. The average molecular weight is 392 g/mol. The summed E-state index contributed by atoms with van der Waals surface area (Å²) in [4.78, 5) is 24.3. The molecule has 3 rings (SSSR count). The van der Waals surface area contributed by atoms with E-state index in [1.807, 2.05) is 0 Å². The zero-order valence-corrected chi connectivity index (χ0v) is 15.4. The Morgan fingerprint density at radius 1 is 1.19 bits per heavy atom. The number of halogens is 1. The van der Waals surface area contributed by atoms with Crippen molar-refractivity contribution < 1.29 is 28.5 Å². The molecule has 0 bridgehead atoms. The number of amides is 1. The van der Waals surface area contributed by atoms with Gasteiger partial charge in [-0.15, -0.1) is 0 Å². The third-order valence-corrected chi connectivity index (χ3v) is 4.03.